The van der Waals surface area contributed by atoms with E-state index in [-0.39, 0.29) is 12.0 Å². The third-order valence-corrected chi connectivity index (χ3v) is 4.04. The van der Waals surface area contributed by atoms with Crippen molar-refractivity contribution >= 4 is 0 Å². The molecule has 0 unspecified atom stereocenters. The molecule has 0 aromatic heterocycles. The highest BCUT2D eigenvalue weighted by Gasteiger charge is 2.35. The molecule has 0 amide bonds. The van der Waals surface area contributed by atoms with Crippen molar-refractivity contribution in [3.63, 3.8) is 0 Å². The Labute approximate surface area is 111 Å². The molecular weight excluding hydrogens is 222 g/mol. The Morgan fingerprint density at radius 2 is 1.78 bits per heavy atom. The summed E-state index contributed by atoms with van der Waals surface area (Å²) < 4.78 is 0. The second-order valence-corrected chi connectivity index (χ2v) is 5.79. The van der Waals surface area contributed by atoms with E-state index in [1.807, 2.05) is 6.07 Å². The normalized spacial score (nSPS) is 20.2. The molecule has 1 aromatic carbocycles. The van der Waals surface area contributed by atoms with Crippen LogP contribution in [0, 0.1) is 5.92 Å². The van der Waals surface area contributed by atoms with Crippen LogP contribution >= 0.6 is 0 Å². The van der Waals surface area contributed by atoms with Gasteiger partial charge in [0.15, 0.2) is 0 Å². The fourth-order valence-corrected chi connectivity index (χ4v) is 2.92. The molecule has 2 nitrogen and oxygen atoms in total. The molecule has 0 aliphatic carbocycles. The Morgan fingerprint density at radius 1 is 1.17 bits per heavy atom. The van der Waals surface area contributed by atoms with E-state index in [9.17, 15) is 5.11 Å². The summed E-state index contributed by atoms with van der Waals surface area (Å²) >= 11 is 0. The summed E-state index contributed by atoms with van der Waals surface area (Å²) in [6.07, 6.45) is 2.11. The highest BCUT2D eigenvalue weighted by molar-refractivity contribution is 5.26. The van der Waals surface area contributed by atoms with E-state index in [0.717, 1.165) is 32.5 Å². The Hall–Kier alpha value is -0.860. The third-order valence-electron chi connectivity index (χ3n) is 4.04. The number of benzene rings is 1. The van der Waals surface area contributed by atoms with Gasteiger partial charge in [0.25, 0.3) is 0 Å². The zero-order valence-corrected chi connectivity index (χ0v) is 11.5. The molecule has 2 rings (SSSR count). The summed E-state index contributed by atoms with van der Waals surface area (Å²) in [5, 5.41) is 9.84. The van der Waals surface area contributed by atoms with E-state index in [2.05, 4.69) is 43.0 Å². The fourth-order valence-electron chi connectivity index (χ4n) is 2.92. The van der Waals surface area contributed by atoms with Crippen molar-refractivity contribution < 1.29 is 5.11 Å². The molecule has 1 saturated heterocycles. The minimum atomic E-state index is -0.0145. The van der Waals surface area contributed by atoms with Crippen LogP contribution in [0.25, 0.3) is 0 Å². The van der Waals surface area contributed by atoms with Gasteiger partial charge in [0.05, 0.1) is 6.61 Å². The zero-order valence-electron chi connectivity index (χ0n) is 11.5. The number of hydrogen-bond donors (Lipinski definition) is 1. The van der Waals surface area contributed by atoms with Crippen LogP contribution in [0.3, 0.4) is 0 Å². The molecule has 1 N–H and O–H groups in total. The average Bonchev–Trinajstić information content (AvgIpc) is 2.40. The lowest BCUT2D eigenvalue weighted by molar-refractivity contribution is 0.104. The van der Waals surface area contributed by atoms with Crippen LogP contribution < -0.4 is 0 Å². The molecule has 0 saturated carbocycles. The average molecular weight is 246 g/mol. The summed E-state index contributed by atoms with van der Waals surface area (Å²) in [5.74, 6) is 1.46. The first-order valence-electron chi connectivity index (χ1n) is 6.84. The van der Waals surface area contributed by atoms with Gasteiger partial charge in [-0.3, -0.25) is 0 Å². The second-order valence-electron chi connectivity index (χ2n) is 5.79. The maximum Gasteiger partial charge on any atom is 0.0528 e. The van der Waals surface area contributed by atoms with Crippen molar-refractivity contribution in [3.8, 4) is 0 Å². The first-order valence-corrected chi connectivity index (χ1v) is 6.84. The van der Waals surface area contributed by atoms with Crippen LogP contribution in [0.15, 0.2) is 30.3 Å². The molecule has 99 valence electrons. The topological polar surface area (TPSA) is 23.5 Å². The summed E-state index contributed by atoms with van der Waals surface area (Å²) in [6.45, 7) is 7.90. The lowest BCUT2D eigenvalue weighted by Crippen LogP contribution is -2.45. The Kier molecular flexibility index (Phi) is 4.41. The highest BCUT2D eigenvalue weighted by Crippen LogP contribution is 2.35. The monoisotopic (exact) mass is 246 g/mol. The predicted molar refractivity (Wildman–Crippen MR) is 75.5 cm³/mol. The molecule has 0 spiro atoms. The number of hydrogen-bond acceptors (Lipinski definition) is 2. The van der Waals surface area contributed by atoms with E-state index in [4.69, 9.17) is 0 Å². The van der Waals surface area contributed by atoms with Crippen molar-refractivity contribution in [1.82, 2.24) is 4.90 Å². The molecule has 2 heteroatoms. The molecule has 1 heterocycles. The van der Waals surface area contributed by atoms with E-state index in [1.54, 1.807) is 0 Å². The van der Waals surface area contributed by atoms with Crippen LogP contribution in [-0.4, -0.2) is 36.2 Å². The van der Waals surface area contributed by atoms with E-state index >= 15 is 0 Å². The van der Waals surface area contributed by atoms with Gasteiger partial charge in [-0.2, -0.15) is 0 Å². The number of aliphatic hydroxyl groups is 1. The Balaban J connectivity index is 2.05. The van der Waals surface area contributed by atoms with Gasteiger partial charge in [-0.15, -0.1) is 0 Å². The minimum absolute atomic E-state index is 0.0145. The third kappa shape index (κ3) is 2.93. The predicted octanol–water partition coefficient (Wildman–Crippen LogP) is 2.63. The molecule has 1 aliphatic rings. The number of rotatable bonds is 4. The first kappa shape index (κ1) is 13.6. The molecule has 1 aliphatic heterocycles. The second kappa shape index (κ2) is 5.85. The molecule has 0 bridgehead atoms. The molecular formula is C16H24NO. The summed E-state index contributed by atoms with van der Waals surface area (Å²) in [7, 11) is 0. The Bertz CT molecular complexity index is 353. The van der Waals surface area contributed by atoms with Crippen molar-refractivity contribution in [1.29, 1.82) is 0 Å². The van der Waals surface area contributed by atoms with Crippen LogP contribution in [0.1, 0.15) is 32.3 Å². The number of aliphatic hydroxyl groups excluding tert-OH is 1. The Morgan fingerprint density at radius 3 is 2.28 bits per heavy atom. The van der Waals surface area contributed by atoms with Crippen LogP contribution in [-0.2, 0) is 5.41 Å². The maximum absolute atomic E-state index is 9.84. The van der Waals surface area contributed by atoms with Gasteiger partial charge >= 0.3 is 0 Å². The van der Waals surface area contributed by atoms with Gasteiger partial charge in [0.1, 0.15) is 0 Å². The quantitative estimate of drug-likeness (QED) is 0.883. The van der Waals surface area contributed by atoms with Crippen molar-refractivity contribution in [3.05, 3.63) is 41.8 Å². The summed E-state index contributed by atoms with van der Waals surface area (Å²) in [4.78, 5) is 2.49. The fraction of sp³-hybridized carbons (Fsp3) is 0.562. The number of likely N-dealkylation sites (tertiary alicyclic amines) is 1. The van der Waals surface area contributed by atoms with Gasteiger partial charge in [-0.05, 0) is 37.4 Å². The molecule has 1 fully saturated rings. The highest BCUT2D eigenvalue weighted by atomic mass is 16.3. The van der Waals surface area contributed by atoms with E-state index in [1.165, 1.54) is 11.5 Å². The molecule has 1 radical (unpaired) electrons. The van der Waals surface area contributed by atoms with Crippen LogP contribution in [0.2, 0.25) is 0 Å². The van der Waals surface area contributed by atoms with Crippen molar-refractivity contribution in [2.24, 2.45) is 0 Å². The molecule has 18 heavy (non-hydrogen) atoms. The lowest BCUT2D eigenvalue weighted by atomic mass is 9.73. The largest absolute Gasteiger partial charge is 0.395 e. The smallest absolute Gasteiger partial charge is 0.0528 e. The first-order chi connectivity index (χ1) is 8.66. The minimum Gasteiger partial charge on any atom is -0.395 e. The summed E-state index contributed by atoms with van der Waals surface area (Å²) in [5.41, 5.74) is 1.28. The number of nitrogens with zero attached hydrogens (tertiary/aromatic N) is 1. The van der Waals surface area contributed by atoms with Gasteiger partial charge in [0.2, 0.25) is 0 Å². The van der Waals surface area contributed by atoms with E-state index < -0.39 is 0 Å². The van der Waals surface area contributed by atoms with Crippen LogP contribution in [0.4, 0.5) is 0 Å². The van der Waals surface area contributed by atoms with Crippen molar-refractivity contribution in [2.75, 3.05) is 26.2 Å². The van der Waals surface area contributed by atoms with E-state index in [0.29, 0.717) is 0 Å². The molecule has 0 atom stereocenters. The van der Waals surface area contributed by atoms with Crippen LogP contribution in [0.5, 0.6) is 0 Å². The van der Waals surface area contributed by atoms with Crippen molar-refractivity contribution in [2.45, 2.75) is 32.1 Å². The number of piperidine rings is 1. The SMILES string of the molecule is C[C](C)CN1CCC(CO)(c2ccccc2)CC1. The zero-order chi connectivity index (χ0) is 13.0. The van der Waals surface area contributed by atoms with Gasteiger partial charge in [0, 0.05) is 12.0 Å². The molecule has 1 aromatic rings. The summed E-state index contributed by atoms with van der Waals surface area (Å²) in [6, 6.07) is 10.5. The van der Waals surface area contributed by atoms with Gasteiger partial charge in [-0.25, -0.2) is 0 Å². The van der Waals surface area contributed by atoms with Gasteiger partial charge < -0.3 is 10.0 Å². The lowest BCUT2D eigenvalue weighted by Gasteiger charge is -2.41. The standard InChI is InChI=1S/C16H24NO/c1-14(2)12-17-10-8-16(13-18,9-11-17)15-6-4-3-5-7-15/h3-7,18H,8-13H2,1-2H3. The van der Waals surface area contributed by atoms with Gasteiger partial charge in [-0.1, -0.05) is 44.2 Å². The maximum atomic E-state index is 9.84.